The van der Waals surface area contributed by atoms with Crippen LogP contribution in [0.5, 0.6) is 0 Å². The minimum Gasteiger partial charge on any atom is -0.391 e. The number of urea groups is 1. The van der Waals surface area contributed by atoms with E-state index < -0.39 is 6.10 Å². The van der Waals surface area contributed by atoms with Crippen molar-refractivity contribution in [3.8, 4) is 5.69 Å². The topological polar surface area (TPSA) is 70.4 Å². The minimum absolute atomic E-state index is 0.207. The molecule has 2 heterocycles. The quantitative estimate of drug-likeness (QED) is 0.902. The Hall–Kier alpha value is -2.41. The van der Waals surface area contributed by atoms with Crippen LogP contribution in [0, 0.1) is 11.7 Å². The number of hydrogen-bond acceptors (Lipinski definition) is 3. The maximum absolute atomic E-state index is 14.2. The van der Waals surface area contributed by atoms with Crippen molar-refractivity contribution in [3.63, 3.8) is 0 Å². The zero-order chi connectivity index (χ0) is 17.1. The van der Waals surface area contributed by atoms with Gasteiger partial charge in [0.05, 0.1) is 18.1 Å². The summed E-state index contributed by atoms with van der Waals surface area (Å²) in [6.07, 6.45) is 5.08. The van der Waals surface area contributed by atoms with E-state index in [2.05, 4.69) is 10.3 Å². The average molecular weight is 332 g/mol. The van der Waals surface area contributed by atoms with Crippen LogP contribution in [0.2, 0.25) is 0 Å². The van der Waals surface area contributed by atoms with Gasteiger partial charge in [-0.05, 0) is 30.0 Å². The lowest BCUT2D eigenvalue weighted by molar-refractivity contribution is 0.0435. The summed E-state index contributed by atoms with van der Waals surface area (Å²) in [6.45, 7) is 3.17. The third-order valence-electron chi connectivity index (χ3n) is 4.44. The number of carbonyl (C=O) groups is 1. The molecule has 2 unspecified atom stereocenters. The summed E-state index contributed by atoms with van der Waals surface area (Å²) in [5, 5.41) is 12.6. The Balaban J connectivity index is 1.59. The van der Waals surface area contributed by atoms with Crippen LogP contribution in [0.1, 0.15) is 18.9 Å². The Morgan fingerprint density at radius 3 is 3.00 bits per heavy atom. The first kappa shape index (κ1) is 16.4. The van der Waals surface area contributed by atoms with E-state index in [1.54, 1.807) is 34.0 Å². The highest BCUT2D eigenvalue weighted by atomic mass is 19.1. The molecule has 0 saturated carbocycles. The van der Waals surface area contributed by atoms with Gasteiger partial charge in [-0.15, -0.1) is 0 Å². The maximum Gasteiger partial charge on any atom is 0.317 e. The van der Waals surface area contributed by atoms with Crippen LogP contribution < -0.4 is 5.32 Å². The molecular formula is C17H21FN4O2. The van der Waals surface area contributed by atoms with Crippen molar-refractivity contribution < 1.29 is 14.3 Å². The first-order valence-corrected chi connectivity index (χ1v) is 8.02. The molecule has 1 aliphatic rings. The predicted octanol–water partition coefficient (Wildman–Crippen LogP) is 1.92. The Kier molecular flexibility index (Phi) is 4.80. The van der Waals surface area contributed by atoms with Gasteiger partial charge in [0.2, 0.25) is 0 Å². The first-order valence-electron chi connectivity index (χ1n) is 8.02. The van der Waals surface area contributed by atoms with Crippen molar-refractivity contribution in [2.45, 2.75) is 26.0 Å². The lowest BCUT2D eigenvalue weighted by Crippen LogP contribution is -2.49. The zero-order valence-corrected chi connectivity index (χ0v) is 13.5. The monoisotopic (exact) mass is 332 g/mol. The van der Waals surface area contributed by atoms with Crippen LogP contribution in [0.25, 0.3) is 5.69 Å². The summed E-state index contributed by atoms with van der Waals surface area (Å²) >= 11 is 0. The molecule has 2 N–H and O–H groups in total. The number of imidazole rings is 1. The van der Waals surface area contributed by atoms with Crippen molar-refractivity contribution >= 4 is 6.03 Å². The van der Waals surface area contributed by atoms with Gasteiger partial charge >= 0.3 is 6.03 Å². The van der Waals surface area contributed by atoms with Crippen molar-refractivity contribution in [2.24, 2.45) is 5.92 Å². The van der Waals surface area contributed by atoms with E-state index in [1.165, 1.54) is 12.4 Å². The van der Waals surface area contributed by atoms with Gasteiger partial charge in [-0.1, -0.05) is 13.0 Å². The maximum atomic E-state index is 14.2. The average Bonchev–Trinajstić information content (AvgIpc) is 3.09. The molecule has 1 aromatic carbocycles. The van der Waals surface area contributed by atoms with E-state index in [0.717, 1.165) is 6.42 Å². The van der Waals surface area contributed by atoms with Gasteiger partial charge in [-0.25, -0.2) is 14.2 Å². The van der Waals surface area contributed by atoms with Gasteiger partial charge < -0.3 is 19.9 Å². The minimum atomic E-state index is -0.489. The van der Waals surface area contributed by atoms with Gasteiger partial charge in [0, 0.05) is 32.0 Å². The number of amides is 2. The molecule has 0 bridgehead atoms. The van der Waals surface area contributed by atoms with Gasteiger partial charge in [0.25, 0.3) is 0 Å². The largest absolute Gasteiger partial charge is 0.391 e. The SMILES string of the molecule is CC1CCN(C(=O)NCc2ccc(-n3ccnc3)c(F)c2)CC1O. The number of hydrogen-bond donors (Lipinski definition) is 2. The number of carbonyl (C=O) groups excluding carboxylic acids is 1. The number of aliphatic hydroxyl groups excluding tert-OH is 1. The third-order valence-corrected chi connectivity index (χ3v) is 4.44. The second-order valence-electron chi connectivity index (χ2n) is 6.19. The Morgan fingerprint density at radius 1 is 1.50 bits per heavy atom. The van der Waals surface area contributed by atoms with Crippen molar-refractivity contribution in [1.29, 1.82) is 0 Å². The molecule has 1 saturated heterocycles. The summed E-state index contributed by atoms with van der Waals surface area (Å²) in [7, 11) is 0. The number of aliphatic hydroxyl groups is 1. The molecule has 0 spiro atoms. The Labute approximate surface area is 139 Å². The molecule has 24 heavy (non-hydrogen) atoms. The van der Waals surface area contributed by atoms with Crippen LogP contribution in [0.15, 0.2) is 36.9 Å². The Morgan fingerprint density at radius 2 is 2.33 bits per heavy atom. The summed E-state index contributed by atoms with van der Waals surface area (Å²) in [6, 6.07) is 4.60. The standard InChI is InChI=1S/C17H21FN4O2/c1-12-4-6-21(10-16(12)23)17(24)20-9-13-2-3-15(14(18)8-13)22-7-5-19-11-22/h2-3,5,7-8,11-12,16,23H,4,6,9-10H2,1H3,(H,20,24). The van der Waals surface area contributed by atoms with Crippen LogP contribution in [-0.4, -0.2) is 44.8 Å². The zero-order valence-electron chi connectivity index (χ0n) is 13.5. The number of rotatable bonds is 3. The second-order valence-corrected chi connectivity index (χ2v) is 6.19. The number of piperidine rings is 1. The molecular weight excluding hydrogens is 311 g/mol. The molecule has 0 aliphatic carbocycles. The summed E-state index contributed by atoms with van der Waals surface area (Å²) in [5.74, 6) is -0.166. The molecule has 7 heteroatoms. The molecule has 3 rings (SSSR count). The van der Waals surface area contributed by atoms with E-state index in [0.29, 0.717) is 24.3 Å². The van der Waals surface area contributed by atoms with Crippen molar-refractivity contribution in [3.05, 3.63) is 48.3 Å². The fourth-order valence-electron chi connectivity index (χ4n) is 2.79. The second kappa shape index (κ2) is 7.00. The van der Waals surface area contributed by atoms with E-state index in [-0.39, 0.29) is 24.3 Å². The Bertz CT molecular complexity index is 705. The van der Waals surface area contributed by atoms with Gasteiger partial charge in [-0.3, -0.25) is 0 Å². The van der Waals surface area contributed by atoms with E-state index in [1.807, 2.05) is 6.92 Å². The first-order chi connectivity index (χ1) is 11.5. The van der Waals surface area contributed by atoms with Crippen molar-refractivity contribution in [1.82, 2.24) is 19.8 Å². The van der Waals surface area contributed by atoms with Crippen LogP contribution >= 0.6 is 0 Å². The van der Waals surface area contributed by atoms with Crippen LogP contribution in [0.4, 0.5) is 9.18 Å². The normalized spacial score (nSPS) is 20.9. The van der Waals surface area contributed by atoms with E-state index in [9.17, 15) is 14.3 Å². The molecule has 1 fully saturated rings. The van der Waals surface area contributed by atoms with E-state index in [4.69, 9.17) is 0 Å². The number of nitrogens with one attached hydrogen (secondary N) is 1. The molecule has 2 atom stereocenters. The molecule has 2 amide bonds. The fourth-order valence-corrected chi connectivity index (χ4v) is 2.79. The van der Waals surface area contributed by atoms with Crippen LogP contribution in [-0.2, 0) is 6.54 Å². The molecule has 1 aliphatic heterocycles. The van der Waals surface area contributed by atoms with Gasteiger partial charge in [-0.2, -0.15) is 0 Å². The fraction of sp³-hybridized carbons (Fsp3) is 0.412. The number of benzene rings is 1. The van der Waals surface area contributed by atoms with Crippen molar-refractivity contribution in [2.75, 3.05) is 13.1 Å². The molecule has 2 aromatic rings. The summed E-state index contributed by atoms with van der Waals surface area (Å²) in [5.41, 5.74) is 1.09. The van der Waals surface area contributed by atoms with E-state index >= 15 is 0 Å². The summed E-state index contributed by atoms with van der Waals surface area (Å²) < 4.78 is 15.8. The smallest absolute Gasteiger partial charge is 0.317 e. The van der Waals surface area contributed by atoms with Crippen LogP contribution in [0.3, 0.4) is 0 Å². The third kappa shape index (κ3) is 3.56. The number of halogens is 1. The number of nitrogens with zero attached hydrogens (tertiary/aromatic N) is 3. The number of likely N-dealkylation sites (tertiary alicyclic amines) is 1. The predicted molar refractivity (Wildman–Crippen MR) is 87.1 cm³/mol. The highest BCUT2D eigenvalue weighted by molar-refractivity contribution is 5.74. The lowest BCUT2D eigenvalue weighted by Gasteiger charge is -2.34. The molecule has 1 aromatic heterocycles. The highest BCUT2D eigenvalue weighted by Gasteiger charge is 2.27. The molecule has 128 valence electrons. The number of β-amino-alcohol motifs (C(OH)–C–C–N with tert-alkyl or cyclic N) is 1. The highest BCUT2D eigenvalue weighted by Crippen LogP contribution is 2.17. The molecule has 6 nitrogen and oxygen atoms in total. The summed E-state index contributed by atoms with van der Waals surface area (Å²) in [4.78, 5) is 17.7. The lowest BCUT2D eigenvalue weighted by atomic mass is 9.96. The molecule has 0 radical (unpaired) electrons. The van der Waals surface area contributed by atoms with Gasteiger partial charge in [0.1, 0.15) is 5.82 Å². The van der Waals surface area contributed by atoms with Gasteiger partial charge in [0.15, 0.2) is 0 Å². The number of aromatic nitrogens is 2.